The Bertz CT molecular complexity index is 1190. The Morgan fingerprint density at radius 2 is 2.10 bits per heavy atom. The van der Waals surface area contributed by atoms with Gasteiger partial charge < -0.3 is 4.42 Å². The molecule has 30 heavy (non-hydrogen) atoms. The molecule has 10 heteroatoms. The Balaban J connectivity index is 1.64. The summed E-state index contributed by atoms with van der Waals surface area (Å²) in [6.45, 7) is 4.25. The van der Waals surface area contributed by atoms with Crippen LogP contribution in [0.4, 0.5) is 10.8 Å². The number of nitrogens with zero attached hydrogens (tertiary/aromatic N) is 4. The van der Waals surface area contributed by atoms with Gasteiger partial charge in [-0.1, -0.05) is 12.1 Å². The zero-order valence-corrected chi connectivity index (χ0v) is 17.7. The van der Waals surface area contributed by atoms with Crippen LogP contribution in [0.1, 0.15) is 18.4 Å². The number of hydrogen-bond donors (Lipinski definition) is 0. The van der Waals surface area contributed by atoms with E-state index >= 15 is 0 Å². The van der Waals surface area contributed by atoms with E-state index in [4.69, 9.17) is 4.42 Å². The molecule has 2 aromatic heterocycles. The average molecular weight is 441 g/mol. The number of carbonyl (C=O) groups excluding carboxylic acids is 1. The highest BCUT2D eigenvalue weighted by Crippen LogP contribution is 2.36. The van der Waals surface area contributed by atoms with E-state index in [-0.39, 0.29) is 11.6 Å². The van der Waals surface area contributed by atoms with E-state index in [2.05, 4.69) is 9.98 Å². The molecule has 0 radical (unpaired) electrons. The molecule has 4 rings (SSSR count). The maximum Gasteiger partial charge on any atom is 0.280 e. The lowest BCUT2D eigenvalue weighted by molar-refractivity contribution is -0.384. The normalized spacial score (nSPS) is 16.7. The number of aliphatic imine (C=N–C) groups is 1. The first-order valence-corrected chi connectivity index (χ1v) is 10.7. The summed E-state index contributed by atoms with van der Waals surface area (Å²) in [5.41, 5.74) is 1.22. The number of hydrogen-bond acceptors (Lipinski definition) is 8. The Morgan fingerprint density at radius 1 is 1.30 bits per heavy atom. The predicted molar refractivity (Wildman–Crippen MR) is 118 cm³/mol. The molecule has 1 saturated heterocycles. The van der Waals surface area contributed by atoms with Crippen LogP contribution in [0, 0.1) is 17.0 Å². The number of rotatable bonds is 5. The van der Waals surface area contributed by atoms with Gasteiger partial charge in [-0.3, -0.25) is 19.8 Å². The first-order chi connectivity index (χ1) is 14.5. The van der Waals surface area contributed by atoms with Crippen molar-refractivity contribution in [2.75, 3.05) is 6.54 Å². The van der Waals surface area contributed by atoms with Gasteiger partial charge in [0.05, 0.1) is 21.1 Å². The fourth-order valence-corrected chi connectivity index (χ4v) is 4.64. The number of thiazole rings is 1. The van der Waals surface area contributed by atoms with Crippen LogP contribution in [0.15, 0.2) is 56.1 Å². The number of carbonyl (C=O) groups is 1. The topological polar surface area (TPSA) is 102 Å². The molecule has 0 atom stereocenters. The Morgan fingerprint density at radius 3 is 2.80 bits per heavy atom. The molecule has 3 aromatic rings. The Hall–Kier alpha value is -3.24. The number of furan rings is 1. The minimum Gasteiger partial charge on any atom is -0.456 e. The zero-order chi connectivity index (χ0) is 21.3. The monoisotopic (exact) mass is 440 g/mol. The number of aromatic nitrogens is 1. The second kappa shape index (κ2) is 8.25. The molecule has 0 saturated carbocycles. The molecule has 8 nitrogen and oxygen atoms in total. The lowest BCUT2D eigenvalue weighted by Crippen LogP contribution is -2.28. The van der Waals surface area contributed by atoms with Crippen molar-refractivity contribution in [1.82, 2.24) is 9.88 Å². The molecule has 1 aliphatic heterocycles. The third kappa shape index (κ3) is 3.91. The number of nitro groups is 1. The van der Waals surface area contributed by atoms with Crippen molar-refractivity contribution in [3.63, 3.8) is 0 Å². The average Bonchev–Trinajstić information content (AvgIpc) is 3.43. The van der Waals surface area contributed by atoms with Crippen LogP contribution < -0.4 is 0 Å². The summed E-state index contributed by atoms with van der Waals surface area (Å²) in [6.07, 6.45) is 1.63. The quantitative estimate of drug-likeness (QED) is 0.305. The predicted octanol–water partition coefficient (Wildman–Crippen LogP) is 5.24. The molecular formula is C20H16N4O4S2. The lowest BCUT2D eigenvalue weighted by atomic mass is 10.1. The number of nitro benzene ring substituents is 1. The van der Waals surface area contributed by atoms with E-state index in [1.807, 2.05) is 19.2 Å². The summed E-state index contributed by atoms with van der Waals surface area (Å²) in [5.74, 6) is 0.628. The number of likely N-dealkylation sites (N-methyl/N-ethyl adjacent to an activating group) is 1. The van der Waals surface area contributed by atoms with Gasteiger partial charge in [0.2, 0.25) is 5.13 Å². The van der Waals surface area contributed by atoms with Gasteiger partial charge in [-0.15, -0.1) is 11.3 Å². The smallest absolute Gasteiger partial charge is 0.280 e. The van der Waals surface area contributed by atoms with Gasteiger partial charge in [0.25, 0.3) is 11.6 Å². The SMILES string of the molecule is CCN1C(=O)/C(=C\c2ccc(-c3ccccc3[N+](=O)[O-])o2)S/C1=N/c1nc(C)cs1. The van der Waals surface area contributed by atoms with Gasteiger partial charge in [-0.05, 0) is 43.8 Å². The van der Waals surface area contributed by atoms with E-state index in [0.717, 1.165) is 5.69 Å². The maximum absolute atomic E-state index is 12.8. The Labute approximate surface area is 180 Å². The number of para-hydroxylation sites is 1. The summed E-state index contributed by atoms with van der Waals surface area (Å²) in [5, 5.41) is 14.3. The van der Waals surface area contributed by atoms with E-state index in [1.54, 1.807) is 41.3 Å². The van der Waals surface area contributed by atoms with Crippen LogP contribution in [0.5, 0.6) is 0 Å². The fraction of sp³-hybridized carbons (Fsp3) is 0.150. The van der Waals surface area contributed by atoms with Crippen molar-refractivity contribution in [2.24, 2.45) is 4.99 Å². The minimum atomic E-state index is -0.450. The van der Waals surface area contributed by atoms with Crippen LogP contribution in [-0.2, 0) is 4.79 Å². The number of amidine groups is 1. The third-order valence-corrected chi connectivity index (χ3v) is 6.13. The Kier molecular flexibility index (Phi) is 5.51. The van der Waals surface area contributed by atoms with Crippen LogP contribution in [0.2, 0.25) is 0 Å². The minimum absolute atomic E-state index is 0.0392. The molecule has 0 bridgehead atoms. The summed E-state index contributed by atoms with van der Waals surface area (Å²) in [4.78, 5) is 34.5. The molecule has 1 aromatic carbocycles. The van der Waals surface area contributed by atoms with Gasteiger partial charge in [-0.2, -0.15) is 4.99 Å². The van der Waals surface area contributed by atoms with Crippen LogP contribution >= 0.6 is 23.1 Å². The molecule has 0 N–H and O–H groups in total. The number of aryl methyl sites for hydroxylation is 1. The second-order valence-corrected chi connectivity index (χ2v) is 8.15. The van der Waals surface area contributed by atoms with Crippen molar-refractivity contribution in [2.45, 2.75) is 13.8 Å². The first-order valence-electron chi connectivity index (χ1n) is 9.02. The second-order valence-electron chi connectivity index (χ2n) is 6.30. The van der Waals surface area contributed by atoms with Gasteiger partial charge in [0.15, 0.2) is 5.17 Å². The molecule has 1 amide bonds. The largest absolute Gasteiger partial charge is 0.456 e. The van der Waals surface area contributed by atoms with E-state index in [9.17, 15) is 14.9 Å². The molecule has 0 spiro atoms. The number of amides is 1. The summed E-state index contributed by atoms with van der Waals surface area (Å²) in [7, 11) is 0. The van der Waals surface area contributed by atoms with E-state index in [0.29, 0.717) is 38.8 Å². The van der Waals surface area contributed by atoms with Crippen molar-refractivity contribution >= 4 is 51.1 Å². The standard InChI is InChI=1S/C20H16N4O4S2/c1-3-23-18(25)17(30-20(23)22-19-21-12(2)11-29-19)10-13-8-9-16(28-13)14-6-4-5-7-15(14)24(26)27/h4-11H,3H2,1-2H3/b17-10+,22-20+. The molecular weight excluding hydrogens is 424 g/mol. The van der Waals surface area contributed by atoms with Gasteiger partial charge in [-0.25, -0.2) is 4.98 Å². The number of thioether (sulfide) groups is 1. The molecule has 0 aliphatic carbocycles. The van der Waals surface area contributed by atoms with Crippen molar-refractivity contribution in [3.05, 3.63) is 68.3 Å². The summed E-state index contributed by atoms with van der Waals surface area (Å²) < 4.78 is 5.78. The van der Waals surface area contributed by atoms with Crippen LogP contribution in [0.25, 0.3) is 17.4 Å². The van der Waals surface area contributed by atoms with Crippen molar-refractivity contribution < 1.29 is 14.1 Å². The summed E-state index contributed by atoms with van der Waals surface area (Å²) >= 11 is 2.67. The summed E-state index contributed by atoms with van der Waals surface area (Å²) in [6, 6.07) is 9.71. The van der Waals surface area contributed by atoms with E-state index < -0.39 is 4.92 Å². The highest BCUT2D eigenvalue weighted by molar-refractivity contribution is 8.18. The third-order valence-electron chi connectivity index (χ3n) is 4.27. The van der Waals surface area contributed by atoms with E-state index in [1.165, 1.54) is 29.2 Å². The lowest BCUT2D eigenvalue weighted by Gasteiger charge is -2.11. The highest BCUT2D eigenvalue weighted by atomic mass is 32.2. The zero-order valence-electron chi connectivity index (χ0n) is 16.1. The molecule has 3 heterocycles. The van der Waals surface area contributed by atoms with Crippen LogP contribution in [0.3, 0.4) is 0 Å². The number of benzene rings is 1. The van der Waals surface area contributed by atoms with Crippen molar-refractivity contribution in [3.8, 4) is 11.3 Å². The molecule has 152 valence electrons. The molecule has 1 fully saturated rings. The molecule has 0 unspecified atom stereocenters. The maximum atomic E-state index is 12.8. The highest BCUT2D eigenvalue weighted by Gasteiger charge is 2.33. The van der Waals surface area contributed by atoms with Gasteiger partial charge in [0.1, 0.15) is 11.5 Å². The van der Waals surface area contributed by atoms with Crippen LogP contribution in [-0.4, -0.2) is 32.4 Å². The molecule has 1 aliphatic rings. The van der Waals surface area contributed by atoms with Crippen molar-refractivity contribution in [1.29, 1.82) is 0 Å². The first kappa shape index (κ1) is 20.0. The van der Waals surface area contributed by atoms with Gasteiger partial charge in [0, 0.05) is 24.1 Å². The van der Waals surface area contributed by atoms with Gasteiger partial charge >= 0.3 is 0 Å². The fourth-order valence-electron chi connectivity index (χ4n) is 2.89.